The topological polar surface area (TPSA) is 57.2 Å². The minimum absolute atomic E-state index is 0.0101. The molecule has 1 rings (SSSR count). The van der Waals surface area contributed by atoms with Crippen molar-refractivity contribution >= 4 is 0 Å². The van der Waals surface area contributed by atoms with E-state index in [4.69, 9.17) is 10.5 Å². The van der Waals surface area contributed by atoms with Gasteiger partial charge < -0.3 is 15.0 Å². The van der Waals surface area contributed by atoms with Crippen molar-refractivity contribution in [2.45, 2.75) is 32.9 Å². The number of pyridine rings is 1. The second-order valence-electron chi connectivity index (χ2n) is 3.70. The molecule has 0 spiro atoms. The van der Waals surface area contributed by atoms with E-state index in [-0.39, 0.29) is 12.1 Å². The van der Waals surface area contributed by atoms with Crippen LogP contribution in [0.5, 0.6) is 0 Å². The summed E-state index contributed by atoms with van der Waals surface area (Å²) >= 11 is 0. The molecular weight excluding hydrogens is 204 g/mol. The highest BCUT2D eigenvalue weighted by Gasteiger charge is 2.00. The summed E-state index contributed by atoms with van der Waals surface area (Å²) in [4.78, 5) is 11.7. The second-order valence-corrected chi connectivity index (χ2v) is 3.70. The van der Waals surface area contributed by atoms with E-state index < -0.39 is 0 Å². The molecule has 0 bridgehead atoms. The average molecular weight is 224 g/mol. The van der Waals surface area contributed by atoms with Gasteiger partial charge in [-0.15, -0.1) is 0 Å². The highest BCUT2D eigenvalue weighted by atomic mass is 16.5. The van der Waals surface area contributed by atoms with E-state index in [2.05, 4.69) is 6.92 Å². The average Bonchev–Trinajstić information content (AvgIpc) is 2.31. The van der Waals surface area contributed by atoms with Gasteiger partial charge in [0, 0.05) is 31.5 Å². The van der Waals surface area contributed by atoms with Crippen molar-refractivity contribution in [1.82, 2.24) is 4.57 Å². The normalized spacial score (nSPS) is 10.6. The van der Waals surface area contributed by atoms with Gasteiger partial charge in [-0.3, -0.25) is 4.79 Å². The monoisotopic (exact) mass is 224 g/mol. The van der Waals surface area contributed by atoms with Crippen LogP contribution < -0.4 is 11.3 Å². The first-order valence-corrected chi connectivity index (χ1v) is 5.75. The van der Waals surface area contributed by atoms with Gasteiger partial charge in [0.2, 0.25) is 0 Å². The molecular formula is C12H20N2O2. The van der Waals surface area contributed by atoms with Crippen LogP contribution in [0.15, 0.2) is 23.1 Å². The van der Waals surface area contributed by atoms with Crippen LogP contribution in [0.4, 0.5) is 0 Å². The molecule has 90 valence electrons. The van der Waals surface area contributed by atoms with E-state index in [1.54, 1.807) is 16.8 Å². The van der Waals surface area contributed by atoms with Crippen LogP contribution in [-0.2, 0) is 17.8 Å². The van der Waals surface area contributed by atoms with Crippen LogP contribution in [0.25, 0.3) is 0 Å². The maximum absolute atomic E-state index is 11.7. The Morgan fingerprint density at radius 1 is 1.44 bits per heavy atom. The number of ether oxygens (including phenoxy) is 1. The summed E-state index contributed by atoms with van der Waals surface area (Å²) < 4.78 is 7.06. The molecule has 4 heteroatoms. The highest BCUT2D eigenvalue weighted by Crippen LogP contribution is 1.92. The van der Waals surface area contributed by atoms with Gasteiger partial charge in [-0.2, -0.15) is 0 Å². The largest absolute Gasteiger partial charge is 0.380 e. The van der Waals surface area contributed by atoms with Gasteiger partial charge in [-0.1, -0.05) is 19.4 Å². The van der Waals surface area contributed by atoms with Crippen LogP contribution in [-0.4, -0.2) is 17.8 Å². The second kappa shape index (κ2) is 7.19. The third-order valence-electron chi connectivity index (χ3n) is 2.44. The highest BCUT2D eigenvalue weighted by molar-refractivity contribution is 5.09. The quantitative estimate of drug-likeness (QED) is 0.706. The van der Waals surface area contributed by atoms with E-state index in [1.807, 2.05) is 6.07 Å². The number of nitrogens with zero attached hydrogens (tertiary/aromatic N) is 1. The van der Waals surface area contributed by atoms with Gasteiger partial charge >= 0.3 is 0 Å². The molecule has 2 N–H and O–H groups in total. The number of aromatic nitrogens is 1. The molecule has 1 heterocycles. The number of rotatable bonds is 7. The first kappa shape index (κ1) is 12.9. The minimum Gasteiger partial charge on any atom is -0.380 e. The molecule has 0 aliphatic carbocycles. The van der Waals surface area contributed by atoms with Gasteiger partial charge in [-0.25, -0.2) is 0 Å². The Kier molecular flexibility index (Phi) is 5.82. The molecule has 0 aromatic carbocycles. The summed E-state index contributed by atoms with van der Waals surface area (Å²) in [5, 5.41) is 0. The minimum atomic E-state index is -0.0101. The summed E-state index contributed by atoms with van der Waals surface area (Å²) in [5.41, 5.74) is 6.11. The third kappa shape index (κ3) is 3.79. The summed E-state index contributed by atoms with van der Waals surface area (Å²) in [5.74, 6) is 0. The molecule has 1 aromatic rings. The zero-order chi connectivity index (χ0) is 11.8. The van der Waals surface area contributed by atoms with Gasteiger partial charge in [0.15, 0.2) is 0 Å². The Morgan fingerprint density at radius 2 is 2.25 bits per heavy atom. The maximum Gasteiger partial charge on any atom is 0.255 e. The van der Waals surface area contributed by atoms with Crippen molar-refractivity contribution in [2.24, 2.45) is 5.73 Å². The number of nitrogens with two attached hydrogens (primary N) is 1. The lowest BCUT2D eigenvalue weighted by Gasteiger charge is -2.07. The molecule has 0 atom stereocenters. The predicted molar refractivity (Wildman–Crippen MR) is 64.3 cm³/mol. The fourth-order valence-corrected chi connectivity index (χ4v) is 1.43. The molecule has 0 saturated carbocycles. The zero-order valence-corrected chi connectivity index (χ0v) is 9.82. The van der Waals surface area contributed by atoms with Crippen LogP contribution in [0.3, 0.4) is 0 Å². The van der Waals surface area contributed by atoms with Crippen LogP contribution >= 0.6 is 0 Å². The Morgan fingerprint density at radius 3 is 2.94 bits per heavy atom. The Balaban J connectivity index is 2.45. The van der Waals surface area contributed by atoms with Crippen molar-refractivity contribution in [2.75, 3.05) is 13.2 Å². The molecule has 0 aliphatic heterocycles. The van der Waals surface area contributed by atoms with E-state index in [0.29, 0.717) is 18.7 Å². The molecule has 0 aliphatic rings. The Bertz CT molecular complexity index is 360. The summed E-state index contributed by atoms with van der Waals surface area (Å²) in [6.45, 7) is 4.35. The molecule has 0 saturated heterocycles. The predicted octanol–water partition coefficient (Wildman–Crippen LogP) is 1.12. The summed E-state index contributed by atoms with van der Waals surface area (Å²) in [7, 11) is 0. The van der Waals surface area contributed by atoms with Gasteiger partial charge in [-0.05, 0) is 12.5 Å². The smallest absolute Gasteiger partial charge is 0.255 e. The lowest BCUT2D eigenvalue weighted by atomic mass is 10.3. The molecule has 0 amide bonds. The van der Waals surface area contributed by atoms with Crippen molar-refractivity contribution < 1.29 is 4.74 Å². The lowest BCUT2D eigenvalue weighted by molar-refractivity contribution is 0.123. The van der Waals surface area contributed by atoms with Crippen molar-refractivity contribution in [3.05, 3.63) is 34.2 Å². The van der Waals surface area contributed by atoms with Crippen molar-refractivity contribution in [3.63, 3.8) is 0 Å². The molecule has 1 aromatic heterocycles. The van der Waals surface area contributed by atoms with Gasteiger partial charge in [0.05, 0.1) is 6.61 Å². The first-order valence-electron chi connectivity index (χ1n) is 5.75. The molecule has 0 fully saturated rings. The Labute approximate surface area is 96.0 Å². The SMILES string of the molecule is CCCCOCCn1cccc(CN)c1=O. The summed E-state index contributed by atoms with van der Waals surface area (Å²) in [6, 6.07) is 3.60. The van der Waals surface area contributed by atoms with Crippen LogP contribution in [0.1, 0.15) is 25.3 Å². The van der Waals surface area contributed by atoms with Gasteiger partial charge in [0.1, 0.15) is 0 Å². The lowest BCUT2D eigenvalue weighted by Crippen LogP contribution is -2.26. The van der Waals surface area contributed by atoms with Crippen LogP contribution in [0, 0.1) is 0 Å². The molecule has 16 heavy (non-hydrogen) atoms. The Hall–Kier alpha value is -1.13. The van der Waals surface area contributed by atoms with Gasteiger partial charge in [0.25, 0.3) is 5.56 Å². The van der Waals surface area contributed by atoms with E-state index in [0.717, 1.165) is 19.4 Å². The van der Waals surface area contributed by atoms with E-state index >= 15 is 0 Å². The van der Waals surface area contributed by atoms with E-state index in [1.165, 1.54) is 0 Å². The first-order chi connectivity index (χ1) is 7.79. The number of hydrogen-bond donors (Lipinski definition) is 1. The standard InChI is InChI=1S/C12H20N2O2/c1-2-3-8-16-9-7-14-6-4-5-11(10-13)12(14)15/h4-6H,2-3,7-10,13H2,1H3. The molecule has 4 nitrogen and oxygen atoms in total. The van der Waals surface area contributed by atoms with E-state index in [9.17, 15) is 4.79 Å². The number of unbranched alkanes of at least 4 members (excludes halogenated alkanes) is 1. The van der Waals surface area contributed by atoms with Crippen molar-refractivity contribution in [3.8, 4) is 0 Å². The van der Waals surface area contributed by atoms with Crippen LogP contribution in [0.2, 0.25) is 0 Å². The number of hydrogen-bond acceptors (Lipinski definition) is 3. The molecule has 0 radical (unpaired) electrons. The zero-order valence-electron chi connectivity index (χ0n) is 9.82. The summed E-state index contributed by atoms with van der Waals surface area (Å²) in [6.07, 6.45) is 3.96. The maximum atomic E-state index is 11.7. The fraction of sp³-hybridized carbons (Fsp3) is 0.583. The fourth-order valence-electron chi connectivity index (χ4n) is 1.43. The van der Waals surface area contributed by atoms with Crippen molar-refractivity contribution in [1.29, 1.82) is 0 Å². The third-order valence-corrected chi connectivity index (χ3v) is 2.44. The molecule has 0 unspecified atom stereocenters.